The highest BCUT2D eigenvalue weighted by Gasteiger charge is 2.54. The number of anilines is 1. The van der Waals surface area contributed by atoms with Gasteiger partial charge in [-0.3, -0.25) is 19.6 Å². The number of carboxylic acid groups (broad SMARTS) is 1. The molecule has 0 aliphatic carbocycles. The van der Waals surface area contributed by atoms with E-state index >= 15 is 0 Å². The molecule has 2 aliphatic rings. The minimum absolute atomic E-state index is 0.0633. The Morgan fingerprint density at radius 1 is 1.50 bits per heavy atom. The standard InChI is InChI=1S/C18H20N8O5S3/c1-2-3-31-24-11(9-7-34-18(19)21-9)14(27)22-12-15(28)26-13(17(29)30)8(6-33-16(12)26)5-32-10-4-20-25-23-10/h4,7,12,16H,2-3,5-6H2,1H3,(H2,19,21)(H,22,27)(H,29,30)(H,20,23,25)/t12?,16-/m0/s1. The second-order valence-electron chi connectivity index (χ2n) is 7.07. The molecule has 2 aromatic rings. The smallest absolute Gasteiger partial charge is 0.352 e. The second-order valence-corrected chi connectivity index (χ2v) is 10.1. The first-order valence-electron chi connectivity index (χ1n) is 10.0. The number of aliphatic carboxylic acids is 1. The zero-order valence-corrected chi connectivity index (χ0v) is 20.2. The molecule has 1 saturated heterocycles. The first-order chi connectivity index (χ1) is 16.4. The fourth-order valence-corrected chi connectivity index (χ4v) is 6.05. The van der Waals surface area contributed by atoms with Gasteiger partial charge in [-0.1, -0.05) is 17.3 Å². The molecule has 0 aromatic carbocycles. The minimum Gasteiger partial charge on any atom is -0.477 e. The van der Waals surface area contributed by atoms with Crippen molar-refractivity contribution in [3.8, 4) is 0 Å². The molecule has 0 radical (unpaired) electrons. The van der Waals surface area contributed by atoms with E-state index in [1.807, 2.05) is 6.92 Å². The number of carbonyl (C=O) groups excluding carboxylic acids is 2. The predicted octanol–water partition coefficient (Wildman–Crippen LogP) is 0.505. The predicted molar refractivity (Wildman–Crippen MR) is 126 cm³/mol. The SMILES string of the molecule is CCCON=C(C(=O)NC1C(=O)N2C(C(=O)O)=C(CSc3cnn[nH]3)CS[C@@H]12)c1csc(N)n1. The molecule has 1 fully saturated rings. The fourth-order valence-electron chi connectivity index (χ4n) is 3.23. The number of β-lactam (4-membered cyclic amide) rings is 1. The molecule has 0 saturated carbocycles. The molecular formula is C18H20N8O5S3. The van der Waals surface area contributed by atoms with Gasteiger partial charge in [-0.25, -0.2) is 9.78 Å². The molecular weight excluding hydrogens is 504 g/mol. The maximum Gasteiger partial charge on any atom is 0.352 e. The number of oxime groups is 1. The van der Waals surface area contributed by atoms with E-state index in [0.29, 0.717) is 35.1 Å². The number of thioether (sulfide) groups is 2. The fraction of sp³-hybridized carbons (Fsp3) is 0.389. The number of carboxylic acids is 1. The van der Waals surface area contributed by atoms with Crippen molar-refractivity contribution in [1.82, 2.24) is 30.6 Å². The Kier molecular flexibility index (Phi) is 7.38. The Hall–Kier alpha value is -3.11. The summed E-state index contributed by atoms with van der Waals surface area (Å²) in [4.78, 5) is 48.3. The number of carbonyl (C=O) groups is 3. The second kappa shape index (κ2) is 10.4. The summed E-state index contributed by atoms with van der Waals surface area (Å²) < 4.78 is 0. The molecule has 13 nitrogen and oxygen atoms in total. The molecule has 0 bridgehead atoms. The molecule has 180 valence electrons. The van der Waals surface area contributed by atoms with E-state index in [1.54, 1.807) is 5.38 Å². The van der Waals surface area contributed by atoms with Crippen molar-refractivity contribution in [2.24, 2.45) is 5.16 Å². The number of nitrogens with one attached hydrogen (secondary N) is 2. The summed E-state index contributed by atoms with van der Waals surface area (Å²) in [5, 5.41) is 28.3. The number of nitrogen functional groups attached to an aromatic ring is 1. The number of nitrogens with zero attached hydrogens (tertiary/aromatic N) is 5. The van der Waals surface area contributed by atoms with Crippen LogP contribution in [0.25, 0.3) is 0 Å². The zero-order valence-electron chi connectivity index (χ0n) is 17.8. The number of aromatic nitrogens is 4. The maximum absolute atomic E-state index is 13.0. The summed E-state index contributed by atoms with van der Waals surface area (Å²) in [6.07, 6.45) is 2.22. The summed E-state index contributed by atoms with van der Waals surface area (Å²) in [6, 6.07) is -0.912. The normalized spacial score (nSPS) is 20.1. The van der Waals surface area contributed by atoms with E-state index in [2.05, 4.69) is 30.9 Å². The monoisotopic (exact) mass is 524 g/mol. The van der Waals surface area contributed by atoms with Crippen molar-refractivity contribution in [1.29, 1.82) is 0 Å². The average Bonchev–Trinajstić information content (AvgIpc) is 3.49. The highest BCUT2D eigenvalue weighted by Crippen LogP contribution is 2.41. The lowest BCUT2D eigenvalue weighted by atomic mass is 10.0. The molecule has 16 heteroatoms. The van der Waals surface area contributed by atoms with Crippen LogP contribution in [0, 0.1) is 0 Å². The number of amides is 2. The quantitative estimate of drug-likeness (QED) is 0.111. The summed E-state index contributed by atoms with van der Waals surface area (Å²) >= 11 is 3.86. The first-order valence-corrected chi connectivity index (χ1v) is 12.9. The topological polar surface area (TPSA) is 189 Å². The lowest BCUT2D eigenvalue weighted by Crippen LogP contribution is -2.71. The van der Waals surface area contributed by atoms with E-state index < -0.39 is 29.2 Å². The number of thiazole rings is 1. The van der Waals surface area contributed by atoms with E-state index in [1.165, 1.54) is 34.6 Å². The Morgan fingerprint density at radius 3 is 2.97 bits per heavy atom. The first kappa shape index (κ1) is 24.0. The highest BCUT2D eigenvalue weighted by molar-refractivity contribution is 8.01. The van der Waals surface area contributed by atoms with Crippen LogP contribution >= 0.6 is 34.9 Å². The van der Waals surface area contributed by atoms with Crippen molar-refractivity contribution in [2.45, 2.75) is 29.8 Å². The Labute approximate surface area is 205 Å². The van der Waals surface area contributed by atoms with Gasteiger partial charge in [-0.15, -0.1) is 40.0 Å². The van der Waals surface area contributed by atoms with E-state index in [9.17, 15) is 19.5 Å². The molecule has 5 N–H and O–H groups in total. The third-order valence-corrected chi connectivity index (χ3v) is 7.78. The van der Waals surface area contributed by atoms with E-state index in [-0.39, 0.29) is 22.2 Å². The number of aromatic amines is 1. The lowest BCUT2D eigenvalue weighted by molar-refractivity contribution is -0.150. The van der Waals surface area contributed by atoms with Gasteiger partial charge < -0.3 is 21.0 Å². The molecule has 2 aliphatic heterocycles. The molecule has 2 amide bonds. The van der Waals surface area contributed by atoms with Crippen molar-refractivity contribution in [3.63, 3.8) is 0 Å². The van der Waals surface area contributed by atoms with Gasteiger partial charge in [0.25, 0.3) is 11.8 Å². The van der Waals surface area contributed by atoms with Gasteiger partial charge in [0, 0.05) is 16.9 Å². The van der Waals surface area contributed by atoms with Gasteiger partial charge in [0.05, 0.1) is 6.20 Å². The summed E-state index contributed by atoms with van der Waals surface area (Å²) in [5.74, 6) is -1.63. The number of hydrogen-bond donors (Lipinski definition) is 4. The summed E-state index contributed by atoms with van der Waals surface area (Å²) in [5.41, 5.74) is 6.34. The molecule has 2 aromatic heterocycles. The van der Waals surface area contributed by atoms with Crippen molar-refractivity contribution < 1.29 is 24.3 Å². The van der Waals surface area contributed by atoms with Crippen LogP contribution in [0.2, 0.25) is 0 Å². The van der Waals surface area contributed by atoms with Crippen molar-refractivity contribution in [2.75, 3.05) is 23.8 Å². The highest BCUT2D eigenvalue weighted by atomic mass is 32.2. The van der Waals surface area contributed by atoms with Crippen LogP contribution in [0.1, 0.15) is 19.0 Å². The number of hydrogen-bond acceptors (Lipinski definition) is 12. The molecule has 34 heavy (non-hydrogen) atoms. The Morgan fingerprint density at radius 2 is 2.32 bits per heavy atom. The summed E-state index contributed by atoms with van der Waals surface area (Å²) in [6.45, 7) is 2.19. The van der Waals surface area contributed by atoms with Gasteiger partial charge >= 0.3 is 5.97 Å². The minimum atomic E-state index is -1.20. The summed E-state index contributed by atoms with van der Waals surface area (Å²) in [7, 11) is 0. The molecule has 4 heterocycles. The van der Waals surface area contributed by atoms with Crippen LogP contribution in [0.4, 0.5) is 5.13 Å². The number of rotatable bonds is 10. The maximum atomic E-state index is 13.0. The van der Waals surface area contributed by atoms with Crippen LogP contribution in [-0.2, 0) is 19.2 Å². The van der Waals surface area contributed by atoms with Gasteiger partial charge in [0.1, 0.15) is 34.4 Å². The van der Waals surface area contributed by atoms with E-state index in [0.717, 1.165) is 11.3 Å². The molecule has 1 unspecified atom stereocenters. The Balaban J connectivity index is 1.49. The average molecular weight is 525 g/mol. The van der Waals surface area contributed by atoms with Crippen molar-refractivity contribution in [3.05, 3.63) is 28.5 Å². The lowest BCUT2D eigenvalue weighted by Gasteiger charge is -2.49. The van der Waals surface area contributed by atoms with Crippen LogP contribution in [-0.4, -0.2) is 83.4 Å². The third kappa shape index (κ3) is 4.88. The van der Waals surface area contributed by atoms with Gasteiger partial charge in [-0.05, 0) is 12.0 Å². The van der Waals surface area contributed by atoms with Gasteiger partial charge in [0.15, 0.2) is 10.8 Å². The van der Waals surface area contributed by atoms with Gasteiger partial charge in [0.2, 0.25) is 0 Å². The van der Waals surface area contributed by atoms with Crippen LogP contribution in [0.5, 0.6) is 0 Å². The van der Waals surface area contributed by atoms with Crippen LogP contribution in [0.15, 0.2) is 33.0 Å². The van der Waals surface area contributed by atoms with Crippen LogP contribution in [0.3, 0.4) is 0 Å². The molecule has 0 spiro atoms. The largest absolute Gasteiger partial charge is 0.477 e. The number of H-pyrrole nitrogens is 1. The molecule has 4 rings (SSSR count). The zero-order chi connectivity index (χ0) is 24.2. The van der Waals surface area contributed by atoms with Gasteiger partial charge in [-0.2, -0.15) is 0 Å². The number of nitrogens with two attached hydrogens (primary N) is 1. The van der Waals surface area contributed by atoms with E-state index in [4.69, 9.17) is 10.6 Å². The van der Waals surface area contributed by atoms with Crippen LogP contribution < -0.4 is 11.1 Å². The van der Waals surface area contributed by atoms with Crippen molar-refractivity contribution >= 4 is 63.5 Å². The third-order valence-electron chi connectivity index (χ3n) is 4.76. The Bertz CT molecular complexity index is 1150. The number of fused-ring (bicyclic) bond motifs is 1. The molecule has 2 atom stereocenters.